The highest BCUT2D eigenvalue weighted by Gasteiger charge is 2.29. The van der Waals surface area contributed by atoms with Gasteiger partial charge in [0.05, 0.1) is 17.9 Å². The molecule has 0 aliphatic carbocycles. The summed E-state index contributed by atoms with van der Waals surface area (Å²) in [6.45, 7) is 5.79. The van der Waals surface area contributed by atoms with Crippen molar-refractivity contribution in [3.8, 4) is 0 Å². The molecule has 2 aliphatic rings. The molecule has 8 nitrogen and oxygen atoms in total. The second kappa shape index (κ2) is 7.97. The van der Waals surface area contributed by atoms with Gasteiger partial charge >= 0.3 is 0 Å². The minimum absolute atomic E-state index is 0.0463. The second-order valence-corrected chi connectivity index (χ2v) is 6.81. The molecule has 2 fully saturated rings. The van der Waals surface area contributed by atoms with Gasteiger partial charge in [-0.3, -0.25) is 19.2 Å². The van der Waals surface area contributed by atoms with Crippen LogP contribution >= 0.6 is 0 Å². The molecular formula is C17H27N5O3. The van der Waals surface area contributed by atoms with Crippen LogP contribution in [0, 0.1) is 6.92 Å². The number of anilines is 1. The van der Waals surface area contributed by atoms with Crippen LogP contribution in [0.4, 0.5) is 5.69 Å². The third-order valence-corrected chi connectivity index (χ3v) is 4.76. The average Bonchev–Trinajstić information content (AvgIpc) is 3.13. The SMILES string of the molecule is Cc1nn(C)cc1NC(=O)CN1CCCN(C(=O)[C@H]2CCCO2)CC1. The van der Waals surface area contributed by atoms with Crippen LogP contribution in [0.1, 0.15) is 25.0 Å². The number of hydrogen-bond donors (Lipinski definition) is 1. The molecule has 0 unspecified atom stereocenters. The number of aromatic nitrogens is 2. The molecule has 1 N–H and O–H groups in total. The number of amides is 2. The Morgan fingerprint density at radius 2 is 2.12 bits per heavy atom. The highest BCUT2D eigenvalue weighted by molar-refractivity contribution is 5.92. The number of nitrogens with zero attached hydrogens (tertiary/aromatic N) is 4. The first-order valence-corrected chi connectivity index (χ1v) is 8.96. The Balaban J connectivity index is 1.48. The van der Waals surface area contributed by atoms with Crippen molar-refractivity contribution in [3.05, 3.63) is 11.9 Å². The quantitative estimate of drug-likeness (QED) is 0.850. The maximum atomic E-state index is 12.5. The standard InChI is InChI=1S/C17H27N5O3/c1-13-14(11-20(2)19-13)18-16(23)12-21-6-4-7-22(9-8-21)17(24)15-5-3-10-25-15/h11,15H,3-10,12H2,1-2H3,(H,18,23)/t15-/m1/s1. The molecule has 0 radical (unpaired) electrons. The summed E-state index contributed by atoms with van der Waals surface area (Å²) in [5, 5.41) is 7.14. The zero-order chi connectivity index (χ0) is 17.8. The van der Waals surface area contributed by atoms with Gasteiger partial charge < -0.3 is 15.0 Å². The molecule has 1 aromatic rings. The summed E-state index contributed by atoms with van der Waals surface area (Å²) in [6, 6.07) is 0. The van der Waals surface area contributed by atoms with E-state index in [0.29, 0.717) is 26.2 Å². The van der Waals surface area contributed by atoms with E-state index in [4.69, 9.17) is 4.74 Å². The third-order valence-electron chi connectivity index (χ3n) is 4.76. The highest BCUT2D eigenvalue weighted by Crippen LogP contribution is 2.16. The van der Waals surface area contributed by atoms with Gasteiger partial charge in [0.2, 0.25) is 5.91 Å². The van der Waals surface area contributed by atoms with Gasteiger partial charge in [-0.2, -0.15) is 5.10 Å². The van der Waals surface area contributed by atoms with Gasteiger partial charge in [-0.25, -0.2) is 0 Å². The lowest BCUT2D eigenvalue weighted by Gasteiger charge is -2.24. The molecule has 0 aromatic carbocycles. The lowest BCUT2D eigenvalue weighted by molar-refractivity contribution is -0.140. The fourth-order valence-corrected chi connectivity index (χ4v) is 3.44. The van der Waals surface area contributed by atoms with E-state index in [2.05, 4.69) is 15.3 Å². The molecular weight excluding hydrogens is 322 g/mol. The molecule has 1 aromatic heterocycles. The van der Waals surface area contributed by atoms with Crippen LogP contribution in [0.25, 0.3) is 0 Å². The van der Waals surface area contributed by atoms with Crippen LogP contribution in [0.3, 0.4) is 0 Å². The normalized spacial score (nSPS) is 22.0. The van der Waals surface area contributed by atoms with E-state index < -0.39 is 0 Å². The van der Waals surface area contributed by atoms with Gasteiger partial charge in [-0.1, -0.05) is 0 Å². The van der Waals surface area contributed by atoms with E-state index in [0.717, 1.165) is 43.7 Å². The van der Waals surface area contributed by atoms with Crippen LogP contribution < -0.4 is 5.32 Å². The predicted molar refractivity (Wildman–Crippen MR) is 93.2 cm³/mol. The van der Waals surface area contributed by atoms with Gasteiger partial charge in [0, 0.05) is 46.0 Å². The van der Waals surface area contributed by atoms with E-state index in [9.17, 15) is 9.59 Å². The van der Waals surface area contributed by atoms with Gasteiger partial charge in [0.15, 0.2) is 0 Å². The molecule has 138 valence electrons. The molecule has 2 saturated heterocycles. The van der Waals surface area contributed by atoms with Crippen molar-refractivity contribution in [1.29, 1.82) is 0 Å². The van der Waals surface area contributed by atoms with Crippen LogP contribution in [-0.4, -0.2) is 76.8 Å². The van der Waals surface area contributed by atoms with E-state index >= 15 is 0 Å². The van der Waals surface area contributed by atoms with E-state index in [1.54, 1.807) is 10.9 Å². The first kappa shape index (κ1) is 17.9. The van der Waals surface area contributed by atoms with Crippen molar-refractivity contribution < 1.29 is 14.3 Å². The lowest BCUT2D eigenvalue weighted by atomic mass is 10.2. The number of nitrogens with one attached hydrogen (secondary N) is 1. The Morgan fingerprint density at radius 3 is 2.80 bits per heavy atom. The van der Waals surface area contributed by atoms with Gasteiger partial charge in [0.25, 0.3) is 5.91 Å². The van der Waals surface area contributed by atoms with Crippen LogP contribution in [-0.2, 0) is 21.4 Å². The summed E-state index contributed by atoms with van der Waals surface area (Å²) >= 11 is 0. The van der Waals surface area contributed by atoms with Gasteiger partial charge in [0.1, 0.15) is 6.10 Å². The molecule has 0 spiro atoms. The Bertz CT molecular complexity index is 624. The van der Waals surface area contributed by atoms with Crippen LogP contribution in [0.2, 0.25) is 0 Å². The Labute approximate surface area is 148 Å². The summed E-state index contributed by atoms with van der Waals surface area (Å²) < 4.78 is 7.19. The molecule has 3 heterocycles. The Hall–Kier alpha value is -1.93. The zero-order valence-electron chi connectivity index (χ0n) is 15.0. The average molecular weight is 349 g/mol. The summed E-state index contributed by atoms with van der Waals surface area (Å²) in [7, 11) is 1.83. The van der Waals surface area contributed by atoms with Gasteiger partial charge in [-0.05, 0) is 26.2 Å². The molecule has 0 saturated carbocycles. The second-order valence-electron chi connectivity index (χ2n) is 6.81. The van der Waals surface area contributed by atoms with Crippen LogP contribution in [0.5, 0.6) is 0 Å². The number of aryl methyl sites for hydroxylation is 2. The number of carbonyl (C=O) groups is 2. The highest BCUT2D eigenvalue weighted by atomic mass is 16.5. The third kappa shape index (κ3) is 4.58. The number of ether oxygens (including phenoxy) is 1. The van der Waals surface area contributed by atoms with E-state index in [1.807, 2.05) is 18.9 Å². The molecule has 2 amide bonds. The largest absolute Gasteiger partial charge is 0.368 e. The fraction of sp³-hybridized carbons (Fsp3) is 0.706. The smallest absolute Gasteiger partial charge is 0.251 e. The topological polar surface area (TPSA) is 79.7 Å². The molecule has 2 aliphatic heterocycles. The maximum absolute atomic E-state index is 12.5. The number of rotatable bonds is 4. The van der Waals surface area contributed by atoms with Crippen molar-refractivity contribution in [2.75, 3.05) is 44.6 Å². The molecule has 1 atom stereocenters. The Kier molecular flexibility index (Phi) is 5.70. The summed E-state index contributed by atoms with van der Waals surface area (Å²) in [5.74, 6) is 0.0600. The predicted octanol–water partition coefficient (Wildman–Crippen LogP) is 0.380. The summed E-state index contributed by atoms with van der Waals surface area (Å²) in [6.07, 6.45) is 4.20. The number of hydrogen-bond acceptors (Lipinski definition) is 5. The minimum atomic E-state index is -0.261. The minimum Gasteiger partial charge on any atom is -0.368 e. The number of carbonyl (C=O) groups excluding carboxylic acids is 2. The molecule has 0 bridgehead atoms. The first-order chi connectivity index (χ1) is 12.0. The van der Waals surface area contributed by atoms with Crippen molar-refractivity contribution in [3.63, 3.8) is 0 Å². The first-order valence-electron chi connectivity index (χ1n) is 8.96. The summed E-state index contributed by atoms with van der Waals surface area (Å²) in [4.78, 5) is 28.7. The van der Waals surface area contributed by atoms with Crippen LogP contribution in [0.15, 0.2) is 6.20 Å². The monoisotopic (exact) mass is 349 g/mol. The zero-order valence-corrected chi connectivity index (χ0v) is 15.0. The van der Waals surface area contributed by atoms with Crippen molar-refractivity contribution in [1.82, 2.24) is 19.6 Å². The lowest BCUT2D eigenvalue weighted by Crippen LogP contribution is -2.42. The van der Waals surface area contributed by atoms with Crippen molar-refractivity contribution in [2.45, 2.75) is 32.3 Å². The molecule has 8 heteroatoms. The van der Waals surface area contributed by atoms with Crippen molar-refractivity contribution in [2.24, 2.45) is 7.05 Å². The van der Waals surface area contributed by atoms with E-state index in [1.165, 1.54) is 0 Å². The van der Waals surface area contributed by atoms with Gasteiger partial charge in [-0.15, -0.1) is 0 Å². The van der Waals surface area contributed by atoms with E-state index in [-0.39, 0.29) is 17.9 Å². The van der Waals surface area contributed by atoms with Crippen molar-refractivity contribution >= 4 is 17.5 Å². The maximum Gasteiger partial charge on any atom is 0.251 e. The molecule has 25 heavy (non-hydrogen) atoms. The summed E-state index contributed by atoms with van der Waals surface area (Å²) in [5.41, 5.74) is 1.55. The fourth-order valence-electron chi connectivity index (χ4n) is 3.44. The molecule has 3 rings (SSSR count). The Morgan fingerprint density at radius 1 is 1.28 bits per heavy atom.